The van der Waals surface area contributed by atoms with Gasteiger partial charge in [0.2, 0.25) is 0 Å². The van der Waals surface area contributed by atoms with Gasteiger partial charge in [-0.25, -0.2) is 9.36 Å². The number of nitrogens with zero attached hydrogens (tertiary/aromatic N) is 3. The molecule has 3 aromatic carbocycles. The number of amides is 1. The van der Waals surface area contributed by atoms with Crippen LogP contribution < -0.4 is 20.1 Å². The first-order valence-electron chi connectivity index (χ1n) is 11.4. The van der Waals surface area contributed by atoms with Crippen LogP contribution in [-0.4, -0.2) is 38.2 Å². The van der Waals surface area contributed by atoms with Crippen LogP contribution in [-0.2, 0) is 20.5 Å². The molecule has 0 aliphatic carbocycles. The highest BCUT2D eigenvalue weighted by molar-refractivity contribution is 7.55. The van der Waals surface area contributed by atoms with Crippen LogP contribution in [0.5, 0.6) is 11.5 Å². The predicted molar refractivity (Wildman–Crippen MR) is 139 cm³/mol. The maximum absolute atomic E-state index is 14.3. The predicted octanol–water partition coefficient (Wildman–Crippen LogP) is 5.54. The van der Waals surface area contributed by atoms with E-state index in [1.54, 1.807) is 84.9 Å². The quantitative estimate of drug-likeness (QED) is 0.0698. The van der Waals surface area contributed by atoms with E-state index in [0.29, 0.717) is 17.2 Å². The van der Waals surface area contributed by atoms with Gasteiger partial charge >= 0.3 is 13.7 Å². The molecule has 37 heavy (non-hydrogen) atoms. The number of nitrogen functional groups attached to an aromatic ring is 1. The minimum absolute atomic E-state index is 0.0694. The monoisotopic (exact) mass is 525 g/mol. The second-order valence-electron chi connectivity index (χ2n) is 7.66. The molecular formula is C25H28N5O6P. The molecular weight excluding hydrogens is 497 g/mol. The summed E-state index contributed by atoms with van der Waals surface area (Å²) in [6, 6.07) is 24.1. The van der Waals surface area contributed by atoms with E-state index in [0.717, 1.165) is 5.56 Å². The number of hydrogen-bond acceptors (Lipinski definition) is 8. The van der Waals surface area contributed by atoms with Gasteiger partial charge < -0.3 is 29.6 Å². The van der Waals surface area contributed by atoms with Crippen molar-refractivity contribution >= 4 is 19.4 Å². The first-order chi connectivity index (χ1) is 18.0. The molecule has 1 amide bonds. The van der Waals surface area contributed by atoms with Crippen molar-refractivity contribution in [3.63, 3.8) is 0 Å². The van der Waals surface area contributed by atoms with Crippen LogP contribution >= 0.6 is 7.60 Å². The minimum atomic E-state index is -4.08. The zero-order valence-corrected chi connectivity index (χ0v) is 20.9. The Morgan fingerprint density at radius 1 is 0.919 bits per heavy atom. The summed E-state index contributed by atoms with van der Waals surface area (Å²) in [5.41, 5.74) is 15.4. The number of ether oxygens (including phenoxy) is 2. The fourth-order valence-electron chi connectivity index (χ4n) is 3.14. The van der Waals surface area contributed by atoms with Crippen LogP contribution in [0.15, 0.2) is 90.0 Å². The molecule has 12 heteroatoms. The first kappa shape index (κ1) is 27.4. The number of hydrogen-bond donors (Lipinski definition) is 2. The number of nitrogens with one attached hydrogen (secondary N) is 1. The third-order valence-electron chi connectivity index (χ3n) is 4.89. The largest absolute Gasteiger partial charge is 0.453 e. The number of azide groups is 1. The molecule has 0 aliphatic heterocycles. The van der Waals surface area contributed by atoms with E-state index in [9.17, 15) is 9.36 Å². The van der Waals surface area contributed by atoms with Crippen molar-refractivity contribution < 1.29 is 27.9 Å². The topological polar surface area (TPSA) is 158 Å². The summed E-state index contributed by atoms with van der Waals surface area (Å²) in [4.78, 5) is 15.3. The van der Waals surface area contributed by atoms with Gasteiger partial charge in [-0.3, -0.25) is 0 Å². The van der Waals surface area contributed by atoms with Gasteiger partial charge in [0, 0.05) is 23.6 Å². The number of para-hydroxylation sites is 2. The van der Waals surface area contributed by atoms with Crippen LogP contribution in [0.1, 0.15) is 5.56 Å². The smallest absolute Gasteiger partial charge is 0.447 e. The van der Waals surface area contributed by atoms with Crippen molar-refractivity contribution in [2.24, 2.45) is 5.11 Å². The number of alkyl carbamates (subject to hydrolysis) is 1. The molecule has 0 aliphatic rings. The van der Waals surface area contributed by atoms with Gasteiger partial charge in [0.25, 0.3) is 0 Å². The summed E-state index contributed by atoms with van der Waals surface area (Å²) in [6.45, 7) is 0.388. The summed E-state index contributed by atoms with van der Waals surface area (Å²) in [6.07, 6.45) is -0.720. The Morgan fingerprint density at radius 2 is 1.51 bits per heavy atom. The van der Waals surface area contributed by atoms with Crippen LogP contribution in [0.4, 0.5) is 10.5 Å². The average molecular weight is 526 g/mol. The van der Waals surface area contributed by atoms with Crippen molar-refractivity contribution in [3.8, 4) is 11.5 Å². The molecule has 194 valence electrons. The molecule has 0 heterocycles. The van der Waals surface area contributed by atoms with Gasteiger partial charge in [0.1, 0.15) is 18.1 Å². The van der Waals surface area contributed by atoms with Crippen molar-refractivity contribution in [1.82, 2.24) is 5.32 Å². The Kier molecular flexibility index (Phi) is 10.7. The van der Waals surface area contributed by atoms with Crippen LogP contribution in [0.25, 0.3) is 10.4 Å². The molecule has 0 spiro atoms. The lowest BCUT2D eigenvalue weighted by Crippen LogP contribution is -2.39. The Morgan fingerprint density at radius 3 is 2.08 bits per heavy atom. The first-order valence-corrected chi connectivity index (χ1v) is 13.0. The van der Waals surface area contributed by atoms with E-state index in [-0.39, 0.29) is 32.8 Å². The lowest BCUT2D eigenvalue weighted by molar-refractivity contribution is 0.0756. The molecule has 0 radical (unpaired) electrons. The normalized spacial score (nSPS) is 11.6. The van der Waals surface area contributed by atoms with E-state index < -0.39 is 19.5 Å². The highest BCUT2D eigenvalue weighted by Crippen LogP contribution is 2.53. The van der Waals surface area contributed by atoms with Crippen molar-refractivity contribution in [1.29, 1.82) is 0 Å². The Bertz CT molecular complexity index is 1160. The zero-order chi connectivity index (χ0) is 26.3. The highest BCUT2D eigenvalue weighted by atomic mass is 31.2. The van der Waals surface area contributed by atoms with Gasteiger partial charge in [-0.15, -0.1) is 0 Å². The number of benzene rings is 3. The molecule has 0 bridgehead atoms. The number of nitrogens with two attached hydrogens (primary N) is 1. The third-order valence-corrected chi connectivity index (χ3v) is 6.89. The molecule has 3 aromatic rings. The van der Waals surface area contributed by atoms with Crippen molar-refractivity contribution in [2.45, 2.75) is 12.2 Å². The van der Waals surface area contributed by atoms with Crippen LogP contribution in [0, 0.1) is 0 Å². The van der Waals surface area contributed by atoms with Crippen LogP contribution in [0.3, 0.4) is 0 Å². The summed E-state index contributed by atoms with van der Waals surface area (Å²) in [7, 11) is -4.08. The Balaban J connectivity index is 1.80. The van der Waals surface area contributed by atoms with Gasteiger partial charge in [-0.1, -0.05) is 53.6 Å². The standard InChI is InChI=1S/C25H28N5O6P/c26-21-13-11-20(12-14-21)19-24(29-25(31)34-18-17-33-16-15-28-30-27)37(32,35-22-7-3-1-4-8-22)36-23-9-5-2-6-10-23/h1-14,24H,15-19,26H2,(H,29,31). The van der Waals surface area contributed by atoms with Gasteiger partial charge in [-0.05, 0) is 47.5 Å². The SMILES string of the molecule is [N-]=[N+]=NCCOCCOC(=O)NC(Cc1ccc(N)cc1)P(=O)(Oc1ccccc1)Oc1ccccc1. The summed E-state index contributed by atoms with van der Waals surface area (Å²) in [5.74, 6) is -0.491. The fraction of sp³-hybridized carbons (Fsp3) is 0.240. The molecule has 1 unspecified atom stereocenters. The molecule has 0 saturated carbocycles. The second-order valence-corrected chi connectivity index (χ2v) is 9.73. The van der Waals surface area contributed by atoms with Gasteiger partial charge in [-0.2, -0.15) is 0 Å². The molecule has 3 rings (SSSR count). The lowest BCUT2D eigenvalue weighted by Gasteiger charge is -2.28. The Hall–Kier alpha value is -4.17. The van der Waals surface area contributed by atoms with E-state index in [1.807, 2.05) is 0 Å². The zero-order valence-electron chi connectivity index (χ0n) is 20.0. The summed E-state index contributed by atoms with van der Waals surface area (Å²) < 4.78 is 36.6. The average Bonchev–Trinajstić information content (AvgIpc) is 2.90. The van der Waals surface area contributed by atoms with Gasteiger partial charge in [0.05, 0.1) is 13.2 Å². The van der Waals surface area contributed by atoms with E-state index >= 15 is 0 Å². The Labute approximate surface area is 214 Å². The maximum Gasteiger partial charge on any atom is 0.453 e. The summed E-state index contributed by atoms with van der Waals surface area (Å²) >= 11 is 0. The van der Waals surface area contributed by atoms with E-state index in [4.69, 9.17) is 29.8 Å². The van der Waals surface area contributed by atoms with Gasteiger partial charge in [0.15, 0.2) is 5.78 Å². The van der Waals surface area contributed by atoms with E-state index in [2.05, 4.69) is 15.3 Å². The van der Waals surface area contributed by atoms with E-state index in [1.165, 1.54) is 0 Å². The molecule has 1 atom stereocenters. The number of anilines is 1. The molecule has 3 N–H and O–H groups in total. The van der Waals surface area contributed by atoms with Crippen molar-refractivity contribution in [2.75, 3.05) is 32.1 Å². The molecule has 0 saturated heterocycles. The number of carbonyl (C=O) groups excluding carboxylic acids is 1. The molecule has 0 aromatic heterocycles. The molecule has 11 nitrogen and oxygen atoms in total. The highest BCUT2D eigenvalue weighted by Gasteiger charge is 2.41. The maximum atomic E-state index is 14.3. The van der Waals surface area contributed by atoms with Crippen LogP contribution in [0.2, 0.25) is 0 Å². The number of carbonyl (C=O) groups is 1. The van der Waals surface area contributed by atoms with Crippen molar-refractivity contribution in [3.05, 3.63) is 101 Å². The third kappa shape index (κ3) is 9.42. The minimum Gasteiger partial charge on any atom is -0.447 e. The molecule has 0 fully saturated rings. The summed E-state index contributed by atoms with van der Waals surface area (Å²) in [5, 5.41) is 6.00. The lowest BCUT2D eigenvalue weighted by atomic mass is 10.1. The fourth-order valence-corrected chi connectivity index (χ4v) is 4.97. The second kappa shape index (κ2) is 14.4. The number of rotatable bonds is 14.